The van der Waals surface area contributed by atoms with Crippen LogP contribution in [-0.4, -0.2) is 25.0 Å². The molecule has 0 unspecified atom stereocenters. The van der Waals surface area contributed by atoms with Gasteiger partial charge in [-0.05, 0) is 42.5 Å². The number of hydrogen-bond acceptors (Lipinski definition) is 4. The number of carbonyl (C=O) groups is 2. The third kappa shape index (κ3) is 5.98. The summed E-state index contributed by atoms with van der Waals surface area (Å²) in [6.07, 6.45) is 1.62. The molecule has 2 rings (SSSR count). The van der Waals surface area contributed by atoms with E-state index in [9.17, 15) is 9.59 Å². The molecule has 0 aliphatic rings. The molecule has 136 valence electrons. The largest absolute Gasteiger partial charge is 0.490 e. The van der Waals surface area contributed by atoms with E-state index in [1.807, 2.05) is 0 Å². The number of amides is 2. The highest BCUT2D eigenvalue weighted by molar-refractivity contribution is 6.35. The Morgan fingerprint density at radius 3 is 2.42 bits per heavy atom. The molecule has 0 radical (unpaired) electrons. The molecule has 0 aliphatic heterocycles. The number of rotatable bonds is 7. The Bertz CT molecular complexity index is 794. The summed E-state index contributed by atoms with van der Waals surface area (Å²) in [6, 6.07) is 11.1. The van der Waals surface area contributed by atoms with E-state index in [1.54, 1.807) is 42.5 Å². The standard InChI is InChI=1S/C18H16Cl2N2O4/c1-2-9-25-14-6-3-12(4-7-14)18(24)22-21-17(23)11-26-16-8-5-13(19)10-15(16)20/h2-8,10H,1,9,11H2,(H,21,23)(H,22,24). The molecular weight excluding hydrogens is 379 g/mol. The van der Waals surface area contributed by atoms with Gasteiger partial charge in [-0.2, -0.15) is 0 Å². The average Bonchev–Trinajstić information content (AvgIpc) is 2.64. The zero-order chi connectivity index (χ0) is 18.9. The van der Waals surface area contributed by atoms with Crippen molar-refractivity contribution in [1.29, 1.82) is 0 Å². The second kappa shape index (κ2) is 9.70. The van der Waals surface area contributed by atoms with Gasteiger partial charge in [0.25, 0.3) is 11.8 Å². The van der Waals surface area contributed by atoms with Crippen LogP contribution in [0.1, 0.15) is 10.4 Å². The molecule has 0 spiro atoms. The van der Waals surface area contributed by atoms with Crippen LogP contribution in [0.15, 0.2) is 55.1 Å². The van der Waals surface area contributed by atoms with E-state index in [0.29, 0.717) is 28.7 Å². The third-order valence-corrected chi connectivity index (χ3v) is 3.58. The van der Waals surface area contributed by atoms with Crippen molar-refractivity contribution >= 4 is 35.0 Å². The lowest BCUT2D eigenvalue weighted by Gasteiger charge is -2.10. The summed E-state index contributed by atoms with van der Waals surface area (Å²) in [7, 11) is 0. The molecule has 0 saturated carbocycles. The predicted molar refractivity (Wildman–Crippen MR) is 99.7 cm³/mol. The zero-order valence-corrected chi connectivity index (χ0v) is 15.1. The number of benzene rings is 2. The maximum absolute atomic E-state index is 12.0. The van der Waals surface area contributed by atoms with Gasteiger partial charge >= 0.3 is 0 Å². The minimum atomic E-state index is -0.546. The number of hydrogen-bond donors (Lipinski definition) is 2. The third-order valence-electron chi connectivity index (χ3n) is 3.05. The highest BCUT2D eigenvalue weighted by atomic mass is 35.5. The van der Waals surface area contributed by atoms with Crippen molar-refractivity contribution in [2.45, 2.75) is 0 Å². The van der Waals surface area contributed by atoms with Crippen LogP contribution in [0.4, 0.5) is 0 Å². The van der Waals surface area contributed by atoms with Gasteiger partial charge in [-0.25, -0.2) is 0 Å². The van der Waals surface area contributed by atoms with Crippen molar-refractivity contribution < 1.29 is 19.1 Å². The van der Waals surface area contributed by atoms with E-state index in [2.05, 4.69) is 17.4 Å². The molecule has 0 aliphatic carbocycles. The van der Waals surface area contributed by atoms with Gasteiger partial charge in [0.05, 0.1) is 5.02 Å². The molecule has 0 aromatic heterocycles. The molecule has 2 amide bonds. The number of carbonyl (C=O) groups excluding carboxylic acids is 2. The second-order valence-electron chi connectivity index (χ2n) is 4.99. The van der Waals surface area contributed by atoms with Gasteiger partial charge in [-0.15, -0.1) is 0 Å². The molecule has 0 heterocycles. The van der Waals surface area contributed by atoms with Crippen molar-refractivity contribution in [3.8, 4) is 11.5 Å². The lowest BCUT2D eigenvalue weighted by molar-refractivity contribution is -0.123. The fourth-order valence-electron chi connectivity index (χ4n) is 1.83. The van der Waals surface area contributed by atoms with Crippen LogP contribution in [0.2, 0.25) is 10.0 Å². The lowest BCUT2D eigenvalue weighted by Crippen LogP contribution is -2.43. The number of nitrogens with one attached hydrogen (secondary N) is 2. The number of halogens is 2. The Balaban J connectivity index is 1.79. The minimum Gasteiger partial charge on any atom is -0.490 e. The van der Waals surface area contributed by atoms with Crippen molar-refractivity contribution in [2.24, 2.45) is 0 Å². The van der Waals surface area contributed by atoms with E-state index < -0.39 is 11.8 Å². The van der Waals surface area contributed by atoms with Gasteiger partial charge in [-0.3, -0.25) is 20.4 Å². The fourth-order valence-corrected chi connectivity index (χ4v) is 2.29. The van der Waals surface area contributed by atoms with Crippen LogP contribution in [0.25, 0.3) is 0 Å². The average molecular weight is 395 g/mol. The van der Waals surface area contributed by atoms with E-state index in [0.717, 1.165) is 0 Å². The van der Waals surface area contributed by atoms with Crippen LogP contribution >= 0.6 is 23.2 Å². The maximum atomic E-state index is 12.0. The molecule has 2 aromatic carbocycles. The first-order chi connectivity index (χ1) is 12.5. The molecule has 0 fully saturated rings. The van der Waals surface area contributed by atoms with Crippen molar-refractivity contribution in [3.63, 3.8) is 0 Å². The van der Waals surface area contributed by atoms with Gasteiger partial charge in [0.1, 0.15) is 18.1 Å². The normalized spacial score (nSPS) is 9.92. The highest BCUT2D eigenvalue weighted by Gasteiger charge is 2.09. The van der Waals surface area contributed by atoms with Crippen LogP contribution in [-0.2, 0) is 4.79 Å². The molecular formula is C18H16Cl2N2O4. The van der Waals surface area contributed by atoms with Gasteiger partial charge in [0.2, 0.25) is 0 Å². The Morgan fingerprint density at radius 1 is 1.04 bits per heavy atom. The maximum Gasteiger partial charge on any atom is 0.276 e. The minimum absolute atomic E-state index is 0.285. The van der Waals surface area contributed by atoms with Crippen LogP contribution in [0, 0.1) is 0 Å². The summed E-state index contributed by atoms with van der Waals surface area (Å²) in [6.45, 7) is 3.60. The summed E-state index contributed by atoms with van der Waals surface area (Å²) in [5.74, 6) is -0.0974. The second-order valence-corrected chi connectivity index (χ2v) is 5.83. The van der Waals surface area contributed by atoms with Crippen LogP contribution in [0.3, 0.4) is 0 Å². The monoisotopic (exact) mass is 394 g/mol. The van der Waals surface area contributed by atoms with E-state index >= 15 is 0 Å². The van der Waals surface area contributed by atoms with Crippen molar-refractivity contribution in [3.05, 3.63) is 70.7 Å². The molecule has 0 saturated heterocycles. The lowest BCUT2D eigenvalue weighted by atomic mass is 10.2. The summed E-state index contributed by atoms with van der Waals surface area (Å²) in [5, 5.41) is 0.744. The molecule has 0 bridgehead atoms. The van der Waals surface area contributed by atoms with Gasteiger partial charge < -0.3 is 9.47 Å². The molecule has 2 N–H and O–H groups in total. The zero-order valence-electron chi connectivity index (χ0n) is 13.6. The molecule has 8 heteroatoms. The summed E-state index contributed by atoms with van der Waals surface area (Å²) in [4.78, 5) is 23.7. The molecule has 26 heavy (non-hydrogen) atoms. The van der Waals surface area contributed by atoms with E-state index in [4.69, 9.17) is 32.7 Å². The van der Waals surface area contributed by atoms with Crippen LogP contribution < -0.4 is 20.3 Å². The van der Waals surface area contributed by atoms with Crippen molar-refractivity contribution in [2.75, 3.05) is 13.2 Å². The smallest absolute Gasteiger partial charge is 0.276 e. The van der Waals surface area contributed by atoms with Gasteiger partial charge in [0, 0.05) is 10.6 Å². The summed E-state index contributed by atoms with van der Waals surface area (Å²) < 4.78 is 10.6. The van der Waals surface area contributed by atoms with Gasteiger partial charge in [-0.1, -0.05) is 35.9 Å². The summed E-state index contributed by atoms with van der Waals surface area (Å²) >= 11 is 11.7. The Morgan fingerprint density at radius 2 is 1.77 bits per heavy atom. The number of hydrazine groups is 1. The first-order valence-electron chi connectivity index (χ1n) is 7.50. The Labute approximate surface area is 160 Å². The first-order valence-corrected chi connectivity index (χ1v) is 8.26. The fraction of sp³-hybridized carbons (Fsp3) is 0.111. The van der Waals surface area contributed by atoms with Gasteiger partial charge in [0.15, 0.2) is 6.61 Å². The Kier molecular flexibility index (Phi) is 7.32. The number of ether oxygens (including phenoxy) is 2. The van der Waals surface area contributed by atoms with E-state index in [1.165, 1.54) is 6.07 Å². The highest BCUT2D eigenvalue weighted by Crippen LogP contribution is 2.27. The molecule has 0 atom stereocenters. The first kappa shape index (κ1) is 19.6. The SMILES string of the molecule is C=CCOc1ccc(C(=O)NNC(=O)COc2ccc(Cl)cc2Cl)cc1. The molecule has 6 nitrogen and oxygen atoms in total. The topological polar surface area (TPSA) is 76.7 Å². The summed E-state index contributed by atoms with van der Waals surface area (Å²) in [5.41, 5.74) is 4.90. The van der Waals surface area contributed by atoms with E-state index in [-0.39, 0.29) is 11.6 Å². The van der Waals surface area contributed by atoms with Crippen LogP contribution in [0.5, 0.6) is 11.5 Å². The van der Waals surface area contributed by atoms with Crippen molar-refractivity contribution in [1.82, 2.24) is 10.9 Å². The molecule has 2 aromatic rings. The Hall–Kier alpha value is -2.70. The predicted octanol–water partition coefficient (Wildman–Crippen LogP) is 3.40. The quantitative estimate of drug-likeness (QED) is 0.557.